The van der Waals surface area contributed by atoms with E-state index in [4.69, 9.17) is 4.42 Å². The van der Waals surface area contributed by atoms with Crippen LogP contribution in [0.5, 0.6) is 0 Å². The Bertz CT molecular complexity index is 798. The minimum Gasteiger partial charge on any atom is -0.464 e. The van der Waals surface area contributed by atoms with E-state index >= 15 is 0 Å². The van der Waals surface area contributed by atoms with Crippen molar-refractivity contribution in [2.75, 3.05) is 0 Å². The number of hydrogen-bond acceptors (Lipinski definition) is 2. The minimum atomic E-state index is -0.167. The summed E-state index contributed by atoms with van der Waals surface area (Å²) in [4.78, 5) is 15.5. The van der Waals surface area contributed by atoms with Crippen LogP contribution in [0.2, 0.25) is 0 Å². The van der Waals surface area contributed by atoms with Gasteiger partial charge in [0.2, 0.25) is 0 Å². The second-order valence-corrected chi connectivity index (χ2v) is 5.42. The summed E-state index contributed by atoms with van der Waals surface area (Å²) in [6.07, 6.45) is 0. The average Bonchev–Trinajstić information content (AvgIpc) is 3.04. The van der Waals surface area contributed by atoms with Gasteiger partial charge in [0.15, 0.2) is 0 Å². The zero-order chi connectivity index (χ0) is 15.0. The number of aryl methyl sites for hydroxylation is 2. The molecule has 3 rings (SSSR count). The molecule has 3 aromatic rings. The number of benzene rings is 1. The summed E-state index contributed by atoms with van der Waals surface area (Å²) in [7, 11) is 0. The number of aromatic amines is 1. The second-order valence-electron chi connectivity index (χ2n) is 5.42. The molecule has 2 aromatic heterocycles. The van der Waals surface area contributed by atoms with Crippen molar-refractivity contribution in [1.29, 1.82) is 0 Å². The maximum absolute atomic E-state index is 12.3. The Morgan fingerprint density at radius 1 is 1.19 bits per heavy atom. The highest BCUT2D eigenvalue weighted by Gasteiger charge is 2.15. The van der Waals surface area contributed by atoms with Crippen LogP contribution in [0.25, 0.3) is 10.9 Å². The van der Waals surface area contributed by atoms with Crippen molar-refractivity contribution in [2.24, 2.45) is 0 Å². The summed E-state index contributed by atoms with van der Waals surface area (Å²) in [5, 5.41) is 3.97. The summed E-state index contributed by atoms with van der Waals surface area (Å²) >= 11 is 0. The number of nitrogens with one attached hydrogen (secondary N) is 2. The van der Waals surface area contributed by atoms with Crippen LogP contribution in [0, 0.1) is 13.8 Å². The smallest absolute Gasteiger partial charge is 0.268 e. The van der Waals surface area contributed by atoms with Gasteiger partial charge in [-0.05, 0) is 50.6 Å². The van der Waals surface area contributed by atoms with Crippen molar-refractivity contribution in [3.8, 4) is 0 Å². The molecule has 0 aliphatic carbocycles. The molecule has 1 unspecified atom stereocenters. The van der Waals surface area contributed by atoms with Crippen LogP contribution in [0.4, 0.5) is 0 Å². The molecule has 0 radical (unpaired) electrons. The van der Waals surface area contributed by atoms with Crippen molar-refractivity contribution in [2.45, 2.75) is 26.8 Å². The number of carbonyl (C=O) groups excluding carboxylic acids is 1. The number of carbonyl (C=O) groups is 1. The van der Waals surface area contributed by atoms with E-state index in [2.05, 4.69) is 10.3 Å². The molecule has 4 heteroatoms. The largest absolute Gasteiger partial charge is 0.464 e. The van der Waals surface area contributed by atoms with Crippen molar-refractivity contribution in [3.63, 3.8) is 0 Å². The number of furan rings is 1. The SMILES string of the molecule is Cc1ccc2cc(C(=O)NC(C)c3ccc(C)o3)[nH]c2c1. The lowest BCUT2D eigenvalue weighted by atomic mass is 10.2. The van der Waals surface area contributed by atoms with Crippen LogP contribution in [0.15, 0.2) is 40.8 Å². The standard InChI is InChI=1S/C17H18N2O2/c1-10-4-6-13-9-15(19-14(13)8-10)17(20)18-12(3)16-7-5-11(2)21-16/h4-9,12,19H,1-3H3,(H,18,20). The lowest BCUT2D eigenvalue weighted by Crippen LogP contribution is -2.26. The Balaban J connectivity index is 1.80. The molecule has 2 N–H and O–H groups in total. The number of rotatable bonds is 3. The lowest BCUT2D eigenvalue weighted by Gasteiger charge is -2.10. The molecule has 4 nitrogen and oxygen atoms in total. The summed E-state index contributed by atoms with van der Waals surface area (Å²) in [6, 6.07) is 11.6. The van der Waals surface area contributed by atoms with E-state index < -0.39 is 0 Å². The summed E-state index contributed by atoms with van der Waals surface area (Å²) in [5.74, 6) is 1.46. The monoisotopic (exact) mass is 282 g/mol. The summed E-state index contributed by atoms with van der Waals surface area (Å²) in [6.45, 7) is 5.82. The topological polar surface area (TPSA) is 58.0 Å². The first-order chi connectivity index (χ1) is 10.0. The summed E-state index contributed by atoms with van der Waals surface area (Å²) < 4.78 is 5.53. The van der Waals surface area contributed by atoms with Gasteiger partial charge >= 0.3 is 0 Å². The molecular formula is C17H18N2O2. The Morgan fingerprint density at radius 2 is 2.00 bits per heavy atom. The molecule has 2 heterocycles. The van der Waals surface area contributed by atoms with Gasteiger partial charge in [0, 0.05) is 10.9 Å². The molecule has 1 aromatic carbocycles. The highest BCUT2D eigenvalue weighted by atomic mass is 16.3. The van der Waals surface area contributed by atoms with Crippen LogP contribution in [0.1, 0.15) is 40.5 Å². The maximum atomic E-state index is 12.3. The number of amides is 1. The molecular weight excluding hydrogens is 264 g/mol. The quantitative estimate of drug-likeness (QED) is 0.766. The Labute approximate surface area is 123 Å². The fraction of sp³-hybridized carbons (Fsp3) is 0.235. The molecule has 0 spiro atoms. The molecule has 21 heavy (non-hydrogen) atoms. The zero-order valence-corrected chi connectivity index (χ0v) is 12.4. The van der Waals surface area contributed by atoms with Gasteiger partial charge in [-0.3, -0.25) is 4.79 Å². The normalized spacial score (nSPS) is 12.5. The van der Waals surface area contributed by atoms with Crippen molar-refractivity contribution in [3.05, 3.63) is 59.2 Å². The molecule has 0 aliphatic heterocycles. The van der Waals surface area contributed by atoms with Gasteiger partial charge in [-0.25, -0.2) is 0 Å². The highest BCUT2D eigenvalue weighted by molar-refractivity contribution is 5.98. The molecule has 108 valence electrons. The van der Waals surface area contributed by atoms with Gasteiger partial charge in [-0.1, -0.05) is 12.1 Å². The maximum Gasteiger partial charge on any atom is 0.268 e. The van der Waals surface area contributed by atoms with Gasteiger partial charge in [0.05, 0.1) is 6.04 Å². The number of fused-ring (bicyclic) bond motifs is 1. The molecule has 1 amide bonds. The van der Waals surface area contributed by atoms with Crippen molar-refractivity contribution < 1.29 is 9.21 Å². The Hall–Kier alpha value is -2.49. The third kappa shape index (κ3) is 2.70. The van der Waals surface area contributed by atoms with Crippen LogP contribution >= 0.6 is 0 Å². The van der Waals surface area contributed by atoms with Crippen molar-refractivity contribution >= 4 is 16.8 Å². The molecule has 0 bridgehead atoms. The van der Waals surface area contributed by atoms with Crippen molar-refractivity contribution in [1.82, 2.24) is 10.3 Å². The number of hydrogen-bond donors (Lipinski definition) is 2. The Kier molecular flexibility index (Phi) is 3.29. The van der Waals surface area contributed by atoms with Gasteiger partial charge in [0.25, 0.3) is 5.91 Å². The van der Waals surface area contributed by atoms with Gasteiger partial charge in [-0.2, -0.15) is 0 Å². The minimum absolute atomic E-state index is 0.134. The second kappa shape index (κ2) is 5.13. The lowest BCUT2D eigenvalue weighted by molar-refractivity contribution is 0.0931. The van der Waals surface area contributed by atoms with E-state index in [0.717, 1.165) is 28.0 Å². The fourth-order valence-electron chi connectivity index (χ4n) is 2.39. The van der Waals surface area contributed by atoms with Crippen LogP contribution < -0.4 is 5.32 Å². The molecule has 0 saturated heterocycles. The number of H-pyrrole nitrogens is 1. The van der Waals surface area contributed by atoms with E-state index in [1.54, 1.807) is 0 Å². The van der Waals surface area contributed by atoms with Gasteiger partial charge in [-0.15, -0.1) is 0 Å². The first-order valence-corrected chi connectivity index (χ1v) is 6.99. The number of aromatic nitrogens is 1. The highest BCUT2D eigenvalue weighted by Crippen LogP contribution is 2.19. The molecule has 0 aliphatic rings. The van der Waals surface area contributed by atoms with E-state index in [-0.39, 0.29) is 11.9 Å². The average molecular weight is 282 g/mol. The van der Waals surface area contributed by atoms with Gasteiger partial charge in [0.1, 0.15) is 17.2 Å². The Morgan fingerprint density at radius 3 is 2.71 bits per heavy atom. The van der Waals surface area contributed by atoms with Crippen LogP contribution in [-0.4, -0.2) is 10.9 Å². The van der Waals surface area contributed by atoms with Crippen LogP contribution in [0.3, 0.4) is 0 Å². The zero-order valence-electron chi connectivity index (χ0n) is 12.4. The predicted molar refractivity (Wildman–Crippen MR) is 82.4 cm³/mol. The van der Waals surface area contributed by atoms with E-state index in [1.165, 1.54) is 0 Å². The fourth-order valence-corrected chi connectivity index (χ4v) is 2.39. The van der Waals surface area contributed by atoms with E-state index in [0.29, 0.717) is 5.69 Å². The predicted octanol–water partition coefficient (Wildman–Crippen LogP) is 3.87. The van der Waals surface area contributed by atoms with Crippen LogP contribution in [-0.2, 0) is 0 Å². The van der Waals surface area contributed by atoms with E-state index in [1.807, 2.05) is 57.2 Å². The third-order valence-corrected chi connectivity index (χ3v) is 3.56. The van der Waals surface area contributed by atoms with Gasteiger partial charge < -0.3 is 14.7 Å². The van der Waals surface area contributed by atoms with E-state index in [9.17, 15) is 4.79 Å². The molecule has 0 fully saturated rings. The molecule has 1 atom stereocenters. The first kappa shape index (κ1) is 13.5. The summed E-state index contributed by atoms with van der Waals surface area (Å²) in [5.41, 5.74) is 2.70. The third-order valence-electron chi connectivity index (χ3n) is 3.56. The molecule has 0 saturated carbocycles. The first-order valence-electron chi connectivity index (χ1n) is 6.99.